The average Bonchev–Trinajstić information content (AvgIpc) is 2.90. The Labute approximate surface area is 114 Å². The Morgan fingerprint density at radius 3 is 2.83 bits per heavy atom. The molecule has 1 aliphatic heterocycles. The fraction of sp³-hybridized carbons (Fsp3) is 0.571. The standard InChI is InChI=1S/C14H22N2OS/c1-16(13-7-10-18-11-13)8-2-9-17-14-5-3-12(15)4-6-14/h3-6,13H,2,7-11,15H2,1H3. The van der Waals surface area contributed by atoms with Gasteiger partial charge in [-0.25, -0.2) is 0 Å². The normalized spacial score (nSPS) is 19.3. The largest absolute Gasteiger partial charge is 0.494 e. The molecule has 2 rings (SSSR count). The van der Waals surface area contributed by atoms with Crippen LogP contribution in [0.1, 0.15) is 12.8 Å². The number of ether oxygens (including phenoxy) is 1. The molecule has 1 aromatic rings. The van der Waals surface area contributed by atoms with Gasteiger partial charge in [0.2, 0.25) is 0 Å². The molecule has 1 saturated heterocycles. The van der Waals surface area contributed by atoms with Gasteiger partial charge in [0.25, 0.3) is 0 Å². The quantitative estimate of drug-likeness (QED) is 0.634. The number of nitrogens with two attached hydrogens (primary N) is 1. The molecule has 0 amide bonds. The van der Waals surface area contributed by atoms with E-state index in [2.05, 4.69) is 23.7 Å². The Bertz CT molecular complexity index is 349. The number of nitrogen functional groups attached to an aromatic ring is 1. The summed E-state index contributed by atoms with van der Waals surface area (Å²) in [6, 6.07) is 8.36. The number of thioether (sulfide) groups is 1. The van der Waals surface area contributed by atoms with Crippen LogP contribution >= 0.6 is 11.8 Å². The summed E-state index contributed by atoms with van der Waals surface area (Å²) in [5.74, 6) is 3.51. The molecule has 0 saturated carbocycles. The molecule has 0 spiro atoms. The minimum atomic E-state index is 0.770. The first-order chi connectivity index (χ1) is 8.75. The van der Waals surface area contributed by atoms with Crippen LogP contribution in [0.4, 0.5) is 5.69 Å². The molecular formula is C14H22N2OS. The second-order valence-corrected chi connectivity index (χ2v) is 5.92. The number of hydrogen-bond donors (Lipinski definition) is 1. The molecule has 1 fully saturated rings. The van der Waals surface area contributed by atoms with Gasteiger partial charge < -0.3 is 15.4 Å². The van der Waals surface area contributed by atoms with E-state index in [1.807, 2.05) is 24.3 Å². The monoisotopic (exact) mass is 266 g/mol. The molecule has 0 aliphatic carbocycles. The van der Waals surface area contributed by atoms with Gasteiger partial charge in [-0.3, -0.25) is 0 Å². The molecule has 1 unspecified atom stereocenters. The fourth-order valence-electron chi connectivity index (χ4n) is 2.12. The Morgan fingerprint density at radius 1 is 1.39 bits per heavy atom. The zero-order valence-corrected chi connectivity index (χ0v) is 11.8. The van der Waals surface area contributed by atoms with Crippen molar-refractivity contribution in [2.75, 3.05) is 37.4 Å². The first kappa shape index (κ1) is 13.6. The number of rotatable bonds is 6. The minimum absolute atomic E-state index is 0.770. The van der Waals surface area contributed by atoms with Crippen molar-refractivity contribution < 1.29 is 4.74 Å². The van der Waals surface area contributed by atoms with Crippen molar-refractivity contribution in [3.8, 4) is 5.75 Å². The van der Waals surface area contributed by atoms with E-state index < -0.39 is 0 Å². The maximum absolute atomic E-state index is 5.69. The summed E-state index contributed by atoms with van der Waals surface area (Å²) >= 11 is 2.06. The average molecular weight is 266 g/mol. The van der Waals surface area contributed by atoms with Crippen molar-refractivity contribution in [2.45, 2.75) is 18.9 Å². The summed E-state index contributed by atoms with van der Waals surface area (Å²) in [5, 5.41) is 0. The highest BCUT2D eigenvalue weighted by atomic mass is 32.2. The molecule has 18 heavy (non-hydrogen) atoms. The van der Waals surface area contributed by atoms with E-state index in [4.69, 9.17) is 10.5 Å². The van der Waals surface area contributed by atoms with Gasteiger partial charge in [0, 0.05) is 24.0 Å². The van der Waals surface area contributed by atoms with E-state index in [9.17, 15) is 0 Å². The molecule has 0 aromatic heterocycles. The summed E-state index contributed by atoms with van der Waals surface area (Å²) in [6.45, 7) is 1.88. The highest BCUT2D eigenvalue weighted by Gasteiger charge is 2.19. The van der Waals surface area contributed by atoms with Crippen molar-refractivity contribution >= 4 is 17.4 Å². The van der Waals surface area contributed by atoms with Crippen molar-refractivity contribution in [3.05, 3.63) is 24.3 Å². The van der Waals surface area contributed by atoms with E-state index in [0.29, 0.717) is 0 Å². The predicted octanol–water partition coefficient (Wildman–Crippen LogP) is 2.48. The van der Waals surface area contributed by atoms with E-state index >= 15 is 0 Å². The van der Waals surface area contributed by atoms with E-state index in [1.165, 1.54) is 17.9 Å². The van der Waals surface area contributed by atoms with Crippen LogP contribution in [0.15, 0.2) is 24.3 Å². The molecule has 1 aliphatic rings. The SMILES string of the molecule is CN(CCCOc1ccc(N)cc1)C1CCSC1. The third-order valence-corrected chi connectivity index (χ3v) is 4.48. The zero-order valence-electron chi connectivity index (χ0n) is 11.0. The molecule has 2 N–H and O–H groups in total. The summed E-state index contributed by atoms with van der Waals surface area (Å²) in [7, 11) is 2.22. The van der Waals surface area contributed by atoms with Gasteiger partial charge in [-0.15, -0.1) is 0 Å². The highest BCUT2D eigenvalue weighted by molar-refractivity contribution is 7.99. The van der Waals surface area contributed by atoms with Crippen LogP contribution in [-0.4, -0.2) is 42.6 Å². The lowest BCUT2D eigenvalue weighted by atomic mass is 10.2. The molecule has 0 radical (unpaired) electrons. The first-order valence-electron chi connectivity index (χ1n) is 6.52. The van der Waals surface area contributed by atoms with Gasteiger partial charge in [-0.1, -0.05) is 0 Å². The Balaban J connectivity index is 1.62. The lowest BCUT2D eigenvalue weighted by Gasteiger charge is -2.23. The molecule has 4 heteroatoms. The van der Waals surface area contributed by atoms with Gasteiger partial charge in [0.1, 0.15) is 5.75 Å². The number of nitrogens with zero attached hydrogens (tertiary/aromatic N) is 1. The van der Waals surface area contributed by atoms with Gasteiger partial charge >= 0.3 is 0 Å². The number of benzene rings is 1. The van der Waals surface area contributed by atoms with Gasteiger partial charge in [-0.2, -0.15) is 11.8 Å². The molecule has 3 nitrogen and oxygen atoms in total. The number of hydrogen-bond acceptors (Lipinski definition) is 4. The number of anilines is 1. The second kappa shape index (κ2) is 6.90. The molecule has 1 heterocycles. The second-order valence-electron chi connectivity index (χ2n) is 4.77. The van der Waals surface area contributed by atoms with Crippen LogP contribution in [0.25, 0.3) is 0 Å². The van der Waals surface area contributed by atoms with E-state index in [1.54, 1.807) is 0 Å². The Morgan fingerprint density at radius 2 is 2.17 bits per heavy atom. The van der Waals surface area contributed by atoms with Gasteiger partial charge in [-0.05, 0) is 49.9 Å². The van der Waals surface area contributed by atoms with Gasteiger partial charge in [0.15, 0.2) is 0 Å². The van der Waals surface area contributed by atoms with Crippen LogP contribution in [-0.2, 0) is 0 Å². The topological polar surface area (TPSA) is 38.5 Å². The van der Waals surface area contributed by atoms with E-state index in [-0.39, 0.29) is 0 Å². The molecule has 1 atom stereocenters. The molecule has 1 aromatic carbocycles. The smallest absolute Gasteiger partial charge is 0.119 e. The lowest BCUT2D eigenvalue weighted by Crippen LogP contribution is -2.32. The maximum atomic E-state index is 5.69. The zero-order chi connectivity index (χ0) is 12.8. The maximum Gasteiger partial charge on any atom is 0.119 e. The third kappa shape index (κ3) is 4.10. The Kier molecular flexibility index (Phi) is 5.20. The van der Waals surface area contributed by atoms with Crippen LogP contribution in [0, 0.1) is 0 Å². The van der Waals surface area contributed by atoms with Crippen LogP contribution in [0.5, 0.6) is 5.75 Å². The molecule has 0 bridgehead atoms. The lowest BCUT2D eigenvalue weighted by molar-refractivity contribution is 0.227. The fourth-order valence-corrected chi connectivity index (χ4v) is 3.42. The summed E-state index contributed by atoms with van der Waals surface area (Å²) in [6.07, 6.45) is 2.40. The predicted molar refractivity (Wildman–Crippen MR) is 79.3 cm³/mol. The molecule has 100 valence electrons. The highest BCUT2D eigenvalue weighted by Crippen LogP contribution is 2.21. The first-order valence-corrected chi connectivity index (χ1v) is 7.67. The van der Waals surface area contributed by atoms with Crippen LogP contribution < -0.4 is 10.5 Å². The third-order valence-electron chi connectivity index (χ3n) is 3.33. The van der Waals surface area contributed by atoms with Crippen molar-refractivity contribution in [1.29, 1.82) is 0 Å². The summed E-state index contributed by atoms with van der Waals surface area (Å²) in [4.78, 5) is 2.46. The summed E-state index contributed by atoms with van der Waals surface area (Å²) < 4.78 is 5.69. The summed E-state index contributed by atoms with van der Waals surface area (Å²) in [5.41, 5.74) is 6.41. The van der Waals surface area contributed by atoms with Crippen LogP contribution in [0.2, 0.25) is 0 Å². The molecular weight excluding hydrogens is 244 g/mol. The van der Waals surface area contributed by atoms with Crippen molar-refractivity contribution in [1.82, 2.24) is 4.90 Å². The van der Waals surface area contributed by atoms with Crippen molar-refractivity contribution in [3.63, 3.8) is 0 Å². The van der Waals surface area contributed by atoms with Crippen LogP contribution in [0.3, 0.4) is 0 Å². The van der Waals surface area contributed by atoms with Crippen molar-refractivity contribution in [2.24, 2.45) is 0 Å². The Hall–Kier alpha value is -0.870. The van der Waals surface area contributed by atoms with E-state index in [0.717, 1.165) is 37.1 Å². The minimum Gasteiger partial charge on any atom is -0.494 e. The van der Waals surface area contributed by atoms with Gasteiger partial charge in [0.05, 0.1) is 6.61 Å².